The molecule has 0 amide bonds. The van der Waals surface area contributed by atoms with Crippen LogP contribution in [0.2, 0.25) is 0 Å². The molecule has 0 saturated carbocycles. The second-order valence-electron chi connectivity index (χ2n) is 7.11. The van der Waals surface area contributed by atoms with Crippen LogP contribution in [0.1, 0.15) is 47.0 Å². The average molecular weight is 270 g/mol. The third kappa shape index (κ3) is 6.73. The largest absolute Gasteiger partial charge is 0.381 e. The van der Waals surface area contributed by atoms with Crippen molar-refractivity contribution in [2.24, 2.45) is 11.3 Å². The van der Waals surface area contributed by atoms with Gasteiger partial charge in [-0.3, -0.25) is 0 Å². The highest BCUT2D eigenvalue weighted by Gasteiger charge is 2.33. The minimum atomic E-state index is 0.314. The van der Waals surface area contributed by atoms with E-state index in [0.29, 0.717) is 11.5 Å². The van der Waals surface area contributed by atoms with E-state index in [-0.39, 0.29) is 0 Å². The number of hydrogen-bond donors (Lipinski definition) is 1. The van der Waals surface area contributed by atoms with Gasteiger partial charge in [-0.25, -0.2) is 0 Å². The molecule has 0 radical (unpaired) electrons. The summed E-state index contributed by atoms with van der Waals surface area (Å²) in [5.41, 5.74) is 0.314. The van der Waals surface area contributed by atoms with Crippen molar-refractivity contribution in [3.63, 3.8) is 0 Å². The quantitative estimate of drug-likeness (QED) is 0.734. The molecule has 0 aromatic heterocycles. The van der Waals surface area contributed by atoms with Gasteiger partial charge in [-0.2, -0.15) is 0 Å². The normalized spacial score (nSPS) is 24.6. The van der Waals surface area contributed by atoms with Gasteiger partial charge in [-0.05, 0) is 38.8 Å². The van der Waals surface area contributed by atoms with E-state index in [0.717, 1.165) is 32.2 Å². The van der Waals surface area contributed by atoms with Crippen molar-refractivity contribution in [3.8, 4) is 0 Å². The van der Waals surface area contributed by atoms with Gasteiger partial charge in [0, 0.05) is 31.2 Å². The Hall–Kier alpha value is -0.120. The molecule has 1 N–H and O–H groups in total. The number of rotatable bonds is 8. The van der Waals surface area contributed by atoms with Crippen LogP contribution in [0, 0.1) is 11.3 Å². The Labute approximate surface area is 120 Å². The summed E-state index contributed by atoms with van der Waals surface area (Å²) in [6.07, 6.45) is 3.78. The third-order valence-corrected chi connectivity index (χ3v) is 3.98. The molecular formula is C16H34N2O. The molecule has 0 aromatic carbocycles. The molecule has 1 aliphatic rings. The number of hydrogen-bond acceptors (Lipinski definition) is 3. The van der Waals surface area contributed by atoms with E-state index in [1.807, 2.05) is 0 Å². The van der Waals surface area contributed by atoms with Crippen molar-refractivity contribution in [2.75, 3.05) is 39.9 Å². The Balaban J connectivity index is 2.48. The van der Waals surface area contributed by atoms with Crippen LogP contribution >= 0.6 is 0 Å². The molecule has 1 unspecified atom stereocenters. The first-order valence-electron chi connectivity index (χ1n) is 7.93. The molecule has 1 rings (SSSR count). The van der Waals surface area contributed by atoms with E-state index >= 15 is 0 Å². The fraction of sp³-hybridized carbons (Fsp3) is 1.00. The predicted molar refractivity (Wildman–Crippen MR) is 82.6 cm³/mol. The summed E-state index contributed by atoms with van der Waals surface area (Å²) in [5.74, 6) is 0.787. The van der Waals surface area contributed by atoms with Gasteiger partial charge < -0.3 is 15.0 Å². The molecule has 3 heteroatoms. The van der Waals surface area contributed by atoms with Crippen molar-refractivity contribution in [2.45, 2.75) is 53.0 Å². The monoisotopic (exact) mass is 270 g/mol. The summed E-state index contributed by atoms with van der Waals surface area (Å²) in [4.78, 5) is 2.50. The maximum absolute atomic E-state index is 5.78. The van der Waals surface area contributed by atoms with E-state index in [1.165, 1.54) is 25.8 Å². The summed E-state index contributed by atoms with van der Waals surface area (Å²) >= 11 is 0. The van der Waals surface area contributed by atoms with Crippen LogP contribution in [0.3, 0.4) is 0 Å². The first kappa shape index (κ1) is 16.9. The van der Waals surface area contributed by atoms with E-state index in [4.69, 9.17) is 4.74 Å². The van der Waals surface area contributed by atoms with Crippen molar-refractivity contribution < 1.29 is 4.74 Å². The summed E-state index contributed by atoms with van der Waals surface area (Å²) in [7, 11) is 2.26. The Bertz CT molecular complexity index is 235. The fourth-order valence-corrected chi connectivity index (χ4v) is 2.78. The maximum Gasteiger partial charge on any atom is 0.0546 e. The Kier molecular flexibility index (Phi) is 7.33. The van der Waals surface area contributed by atoms with Gasteiger partial charge >= 0.3 is 0 Å². The standard InChI is InChI=1S/C16H34N2O/c1-14(2)7-9-18(5)12-16(11-17-15(3)4)8-6-10-19-13-16/h14-15,17H,6-13H2,1-5H3. The molecule has 0 aromatic rings. The van der Waals surface area contributed by atoms with Crippen LogP contribution in [0.4, 0.5) is 0 Å². The smallest absolute Gasteiger partial charge is 0.0546 e. The van der Waals surface area contributed by atoms with Gasteiger partial charge in [0.2, 0.25) is 0 Å². The van der Waals surface area contributed by atoms with Crippen LogP contribution in [0.5, 0.6) is 0 Å². The summed E-state index contributed by atoms with van der Waals surface area (Å²) in [6.45, 7) is 14.3. The Morgan fingerprint density at radius 1 is 1.26 bits per heavy atom. The van der Waals surface area contributed by atoms with Gasteiger partial charge in [0.15, 0.2) is 0 Å². The topological polar surface area (TPSA) is 24.5 Å². The molecule has 19 heavy (non-hydrogen) atoms. The first-order valence-corrected chi connectivity index (χ1v) is 7.93. The highest BCUT2D eigenvalue weighted by Crippen LogP contribution is 2.29. The van der Waals surface area contributed by atoms with E-state index in [1.54, 1.807) is 0 Å². The zero-order chi connectivity index (χ0) is 14.3. The first-order chi connectivity index (χ1) is 8.93. The van der Waals surface area contributed by atoms with Crippen LogP contribution in [-0.2, 0) is 4.74 Å². The predicted octanol–water partition coefficient (Wildman–Crippen LogP) is 2.76. The molecule has 1 aliphatic heterocycles. The zero-order valence-corrected chi connectivity index (χ0v) is 13.7. The molecule has 3 nitrogen and oxygen atoms in total. The van der Waals surface area contributed by atoms with Gasteiger partial charge in [0.25, 0.3) is 0 Å². The van der Waals surface area contributed by atoms with Crippen LogP contribution in [-0.4, -0.2) is 50.8 Å². The number of nitrogens with one attached hydrogen (secondary N) is 1. The minimum absolute atomic E-state index is 0.314. The fourth-order valence-electron chi connectivity index (χ4n) is 2.78. The van der Waals surface area contributed by atoms with Crippen molar-refractivity contribution in [1.29, 1.82) is 0 Å². The summed E-state index contributed by atoms with van der Waals surface area (Å²) in [5, 5.41) is 3.62. The Morgan fingerprint density at radius 3 is 2.53 bits per heavy atom. The number of ether oxygens (including phenoxy) is 1. The summed E-state index contributed by atoms with van der Waals surface area (Å²) in [6, 6.07) is 0.555. The summed E-state index contributed by atoms with van der Waals surface area (Å²) < 4.78 is 5.78. The molecule has 1 fully saturated rings. The number of nitrogens with zero attached hydrogens (tertiary/aromatic N) is 1. The lowest BCUT2D eigenvalue weighted by Crippen LogP contribution is -2.49. The van der Waals surface area contributed by atoms with Crippen molar-refractivity contribution >= 4 is 0 Å². The Morgan fingerprint density at radius 2 is 2.00 bits per heavy atom. The zero-order valence-electron chi connectivity index (χ0n) is 13.7. The van der Waals surface area contributed by atoms with E-state index in [2.05, 4.69) is 45.0 Å². The van der Waals surface area contributed by atoms with E-state index < -0.39 is 0 Å². The van der Waals surface area contributed by atoms with Gasteiger partial charge in [-0.15, -0.1) is 0 Å². The van der Waals surface area contributed by atoms with Crippen LogP contribution < -0.4 is 5.32 Å². The van der Waals surface area contributed by atoms with Crippen molar-refractivity contribution in [3.05, 3.63) is 0 Å². The second kappa shape index (κ2) is 8.23. The van der Waals surface area contributed by atoms with Crippen LogP contribution in [0.25, 0.3) is 0 Å². The highest BCUT2D eigenvalue weighted by molar-refractivity contribution is 4.87. The van der Waals surface area contributed by atoms with Gasteiger partial charge in [0.05, 0.1) is 6.61 Å². The molecule has 0 aliphatic carbocycles. The second-order valence-corrected chi connectivity index (χ2v) is 7.11. The third-order valence-electron chi connectivity index (χ3n) is 3.98. The average Bonchev–Trinajstić information content (AvgIpc) is 2.35. The molecule has 0 spiro atoms. The lowest BCUT2D eigenvalue weighted by atomic mass is 9.81. The molecule has 1 saturated heterocycles. The van der Waals surface area contributed by atoms with Gasteiger partial charge in [-0.1, -0.05) is 27.7 Å². The highest BCUT2D eigenvalue weighted by atomic mass is 16.5. The van der Waals surface area contributed by atoms with Crippen LogP contribution in [0.15, 0.2) is 0 Å². The molecular weight excluding hydrogens is 236 g/mol. The lowest BCUT2D eigenvalue weighted by molar-refractivity contribution is -0.0239. The molecule has 1 atom stereocenters. The molecule has 0 bridgehead atoms. The lowest BCUT2D eigenvalue weighted by Gasteiger charge is -2.40. The molecule has 114 valence electrons. The minimum Gasteiger partial charge on any atom is -0.381 e. The van der Waals surface area contributed by atoms with Gasteiger partial charge in [0.1, 0.15) is 0 Å². The SMILES string of the molecule is CC(C)CCN(C)CC1(CNC(C)C)CCCOC1. The maximum atomic E-state index is 5.78. The van der Waals surface area contributed by atoms with Crippen molar-refractivity contribution in [1.82, 2.24) is 10.2 Å². The van der Waals surface area contributed by atoms with E-state index in [9.17, 15) is 0 Å². The molecule has 1 heterocycles.